The van der Waals surface area contributed by atoms with Gasteiger partial charge in [0.05, 0.1) is 0 Å². The maximum absolute atomic E-state index is 11.2. The van der Waals surface area contributed by atoms with Crippen molar-refractivity contribution >= 4 is 11.4 Å². The van der Waals surface area contributed by atoms with Gasteiger partial charge < -0.3 is 5.53 Å². The molecule has 0 bridgehead atoms. The SMILES string of the molecule is CCCCC1=C(c2ccc(CCCC)cc2)[N+](=[N-])C(c2ccc(CCCC)cc2)=C1.CCCCCCCCCCCCCCC[CH2][Ni][CH2]CCCCCCCCCCCCCCC. The third-order valence-electron chi connectivity index (χ3n) is 13.1. The molecule has 2 aromatic rings. The van der Waals surface area contributed by atoms with Crippen LogP contribution in [0.4, 0.5) is 0 Å². The van der Waals surface area contributed by atoms with E-state index in [2.05, 4.69) is 89.2 Å². The molecular formula is C60H102N2Ni. The van der Waals surface area contributed by atoms with E-state index in [4.69, 9.17) is 0 Å². The van der Waals surface area contributed by atoms with Gasteiger partial charge in [-0.3, -0.25) is 0 Å². The van der Waals surface area contributed by atoms with Gasteiger partial charge in [0.25, 0.3) is 0 Å². The number of rotatable bonds is 41. The van der Waals surface area contributed by atoms with Gasteiger partial charge in [0.1, 0.15) is 0 Å². The number of unbranched alkanes of at least 4 members (excludes halogenated alkanes) is 29. The monoisotopic (exact) mass is 909 g/mol. The number of nitrogens with zero attached hydrogens (tertiary/aromatic N) is 2. The van der Waals surface area contributed by atoms with Crippen molar-refractivity contribution in [3.8, 4) is 0 Å². The Bertz CT molecular complexity index is 1370. The van der Waals surface area contributed by atoms with Gasteiger partial charge in [0.2, 0.25) is 11.4 Å². The summed E-state index contributed by atoms with van der Waals surface area (Å²) in [6.45, 7) is 11.3. The topological polar surface area (TPSA) is 25.3 Å². The van der Waals surface area contributed by atoms with Crippen LogP contribution < -0.4 is 0 Å². The van der Waals surface area contributed by atoms with Crippen molar-refractivity contribution < 1.29 is 19.1 Å². The minimum Gasteiger partial charge on any atom is -0.0654 e. The number of benzene rings is 2. The van der Waals surface area contributed by atoms with Gasteiger partial charge in [-0.2, -0.15) is 0 Å². The van der Waals surface area contributed by atoms with E-state index in [1.54, 1.807) is 0 Å². The average molecular weight is 910 g/mol. The van der Waals surface area contributed by atoms with Crippen molar-refractivity contribution in [2.45, 2.75) is 283 Å². The van der Waals surface area contributed by atoms with Gasteiger partial charge in [-0.25, -0.2) is 4.70 Å². The third kappa shape index (κ3) is 28.6. The van der Waals surface area contributed by atoms with E-state index in [1.165, 1.54) is 238 Å². The first kappa shape index (κ1) is 57.1. The second-order valence-corrected chi connectivity index (χ2v) is 20.6. The molecule has 0 saturated carbocycles. The van der Waals surface area contributed by atoms with Gasteiger partial charge >= 0.3 is 166 Å². The number of aryl methyl sites for hydroxylation is 2. The van der Waals surface area contributed by atoms with Crippen LogP contribution in [0.2, 0.25) is 10.8 Å². The van der Waals surface area contributed by atoms with E-state index in [9.17, 15) is 5.53 Å². The van der Waals surface area contributed by atoms with Crippen LogP contribution in [0.3, 0.4) is 0 Å². The predicted molar refractivity (Wildman–Crippen MR) is 278 cm³/mol. The van der Waals surface area contributed by atoms with E-state index in [0.717, 1.165) is 54.6 Å². The number of hydrogen-bond donors (Lipinski definition) is 0. The van der Waals surface area contributed by atoms with Gasteiger partial charge in [0.15, 0.2) is 0 Å². The number of hydrogen-bond acceptors (Lipinski definition) is 0. The first-order valence-electron chi connectivity index (χ1n) is 27.7. The van der Waals surface area contributed by atoms with Gasteiger partial charge in [-0.15, -0.1) is 0 Å². The molecule has 362 valence electrons. The first-order chi connectivity index (χ1) is 31.1. The van der Waals surface area contributed by atoms with Crippen LogP contribution in [-0.2, 0) is 27.3 Å². The second kappa shape index (κ2) is 41.4. The normalized spacial score (nSPS) is 12.7. The summed E-state index contributed by atoms with van der Waals surface area (Å²) in [7, 11) is 0. The molecule has 0 spiro atoms. The maximum atomic E-state index is 11.2. The molecule has 0 amide bonds. The molecule has 0 aromatic heterocycles. The fraction of sp³-hybridized carbons (Fsp3) is 0.733. The minimum atomic E-state index is 0.883. The second-order valence-electron chi connectivity index (χ2n) is 19.1. The van der Waals surface area contributed by atoms with Crippen LogP contribution in [-0.4, -0.2) is 4.70 Å². The van der Waals surface area contributed by atoms with E-state index in [1.807, 2.05) is 14.4 Å². The smallest absolute Gasteiger partial charge is 0.0654 e. The Labute approximate surface area is 399 Å². The van der Waals surface area contributed by atoms with Crippen LogP contribution in [0.5, 0.6) is 0 Å². The Balaban J connectivity index is 0.000000434. The Hall–Kier alpha value is -1.99. The van der Waals surface area contributed by atoms with Crippen molar-refractivity contribution in [2.75, 3.05) is 0 Å². The molecule has 0 radical (unpaired) electrons. The summed E-state index contributed by atoms with van der Waals surface area (Å²) in [6, 6.07) is 17.5. The Morgan fingerprint density at radius 3 is 1.00 bits per heavy atom. The van der Waals surface area contributed by atoms with Crippen LogP contribution in [0.25, 0.3) is 16.9 Å². The summed E-state index contributed by atoms with van der Waals surface area (Å²) >= 11 is 2.04. The molecule has 0 N–H and O–H groups in total. The average Bonchev–Trinajstić information content (AvgIpc) is 3.64. The van der Waals surface area contributed by atoms with Crippen molar-refractivity contribution in [3.05, 3.63) is 88.0 Å². The zero-order valence-electron chi connectivity index (χ0n) is 42.5. The molecule has 3 rings (SSSR count). The zero-order valence-corrected chi connectivity index (χ0v) is 43.5. The van der Waals surface area contributed by atoms with Gasteiger partial charge in [0, 0.05) is 22.8 Å². The quantitative estimate of drug-likeness (QED) is 0.0361. The summed E-state index contributed by atoms with van der Waals surface area (Å²) in [4.78, 5) is 0. The Morgan fingerprint density at radius 1 is 0.349 bits per heavy atom. The molecule has 0 aliphatic carbocycles. The molecular weight excluding hydrogens is 807 g/mol. The molecule has 2 aromatic carbocycles. The summed E-state index contributed by atoms with van der Waals surface area (Å²) in [5, 5.41) is 2.87. The predicted octanol–water partition coefficient (Wildman–Crippen LogP) is 21.2. The molecule has 1 aliphatic heterocycles. The molecule has 63 heavy (non-hydrogen) atoms. The minimum absolute atomic E-state index is 0.883. The third-order valence-corrected chi connectivity index (χ3v) is 14.5. The summed E-state index contributed by atoms with van der Waals surface area (Å²) < 4.78 is 1.41. The van der Waals surface area contributed by atoms with E-state index in [-0.39, 0.29) is 0 Å². The summed E-state index contributed by atoms with van der Waals surface area (Å²) in [5.74, 6) is 0. The fourth-order valence-electron chi connectivity index (χ4n) is 8.84. The molecule has 3 heteroatoms. The van der Waals surface area contributed by atoms with Crippen LogP contribution >= 0.6 is 0 Å². The van der Waals surface area contributed by atoms with Crippen molar-refractivity contribution in [1.82, 2.24) is 0 Å². The molecule has 0 saturated heterocycles. The van der Waals surface area contributed by atoms with Gasteiger partial charge in [-0.05, 0) is 73.9 Å². The van der Waals surface area contributed by atoms with E-state index < -0.39 is 0 Å². The molecule has 0 fully saturated rings. The van der Waals surface area contributed by atoms with Crippen molar-refractivity contribution in [1.29, 1.82) is 0 Å². The summed E-state index contributed by atoms with van der Waals surface area (Å²) in [6.07, 6.45) is 53.8. The van der Waals surface area contributed by atoms with E-state index in [0.29, 0.717) is 0 Å². The Morgan fingerprint density at radius 2 is 0.651 bits per heavy atom. The molecule has 1 heterocycles. The molecule has 0 unspecified atom stereocenters. The summed E-state index contributed by atoms with van der Waals surface area (Å²) in [5.41, 5.74) is 19.1. The van der Waals surface area contributed by atoms with Gasteiger partial charge in [-0.1, -0.05) is 117 Å². The van der Waals surface area contributed by atoms with Crippen molar-refractivity contribution in [3.63, 3.8) is 0 Å². The molecule has 2 nitrogen and oxygen atoms in total. The van der Waals surface area contributed by atoms with Crippen molar-refractivity contribution in [2.24, 2.45) is 0 Å². The van der Waals surface area contributed by atoms with Crippen LogP contribution in [0, 0.1) is 0 Å². The fourth-order valence-corrected chi connectivity index (χ4v) is 10.1. The first-order valence-corrected chi connectivity index (χ1v) is 29.1. The zero-order chi connectivity index (χ0) is 45.3. The van der Waals surface area contributed by atoms with E-state index >= 15 is 0 Å². The standard InChI is InChI=1S/C28H36N2.2C16H33.Ni/c1-4-7-10-22-13-17-24(18-14-22)27-21-26(12-9-6-3)28(30(27)29)25-19-15-23(16-20-25)11-8-5-2;2*1-3-5-7-9-11-13-15-16-14-12-10-8-6-4-2;/h13-21H,4-12H2,1-3H3;2*1,3-16H2,2H3;. The van der Waals surface area contributed by atoms with Crippen LogP contribution in [0.1, 0.15) is 282 Å². The Kier molecular flexibility index (Phi) is 37.6. The molecule has 1 aliphatic rings. The molecule has 0 atom stereocenters. The van der Waals surface area contributed by atoms with Crippen LogP contribution in [0.15, 0.2) is 60.2 Å². The number of allylic oxidation sites excluding steroid dienone is 2.